The summed E-state index contributed by atoms with van der Waals surface area (Å²) in [6.07, 6.45) is 0.411. The number of carboxylic acids is 1. The summed E-state index contributed by atoms with van der Waals surface area (Å²) in [5.41, 5.74) is 1.46. The third kappa shape index (κ3) is 3.79. The number of fused-ring (bicyclic) bond motifs is 1. The summed E-state index contributed by atoms with van der Waals surface area (Å²) in [7, 11) is 0. The smallest absolute Gasteiger partial charge is 0.332 e. The van der Waals surface area contributed by atoms with Crippen LogP contribution in [0.2, 0.25) is 0 Å². The first-order valence-electron chi connectivity index (χ1n) is 9.11. The molecule has 2 N–H and O–H groups in total. The predicted molar refractivity (Wildman–Crippen MR) is 105 cm³/mol. The van der Waals surface area contributed by atoms with E-state index in [2.05, 4.69) is 18.0 Å². The molecule has 29 heavy (non-hydrogen) atoms. The highest BCUT2D eigenvalue weighted by Gasteiger charge is 2.28. The molecule has 7 heteroatoms. The number of benzene rings is 2. The number of ether oxygens (including phenoxy) is 1. The maximum Gasteiger partial charge on any atom is 0.332 e. The monoisotopic (exact) mass is 398 g/mol. The van der Waals surface area contributed by atoms with Crippen molar-refractivity contribution in [3.8, 4) is 22.9 Å². The lowest BCUT2D eigenvalue weighted by molar-refractivity contribution is -0.132. The van der Waals surface area contributed by atoms with E-state index in [9.17, 15) is 18.8 Å². The average Bonchev–Trinajstić information content (AvgIpc) is 3.14. The minimum absolute atomic E-state index is 0.0461. The summed E-state index contributed by atoms with van der Waals surface area (Å²) in [5.74, 6) is -2.40. The number of aliphatic carboxylic acids is 1. The van der Waals surface area contributed by atoms with Gasteiger partial charge >= 0.3 is 5.97 Å². The first-order valence-corrected chi connectivity index (χ1v) is 9.11. The van der Waals surface area contributed by atoms with Crippen LogP contribution in [0, 0.1) is 23.0 Å². The zero-order valence-electron chi connectivity index (χ0n) is 16.1. The van der Waals surface area contributed by atoms with Crippen molar-refractivity contribution in [3.05, 3.63) is 58.7 Å². The van der Waals surface area contributed by atoms with Gasteiger partial charge in [0.2, 0.25) is 0 Å². The number of hydrogen-bond acceptors (Lipinski definition) is 4. The zero-order chi connectivity index (χ0) is 21.3. The highest BCUT2D eigenvalue weighted by molar-refractivity contribution is 5.87. The van der Waals surface area contributed by atoms with Gasteiger partial charge in [-0.1, -0.05) is 20.4 Å². The Balaban J connectivity index is 2.17. The Morgan fingerprint density at radius 2 is 2.00 bits per heavy atom. The molecule has 150 valence electrons. The molecule has 2 aromatic carbocycles. The van der Waals surface area contributed by atoms with Crippen molar-refractivity contribution < 1.29 is 23.4 Å². The molecule has 1 aliphatic heterocycles. The fraction of sp³-hybridized carbons (Fsp3) is 0.273. The molecule has 5 nitrogen and oxygen atoms in total. The van der Waals surface area contributed by atoms with Crippen LogP contribution in [0.3, 0.4) is 0 Å². The summed E-state index contributed by atoms with van der Waals surface area (Å²) >= 11 is 0. The Kier molecular flexibility index (Phi) is 5.55. The topological polar surface area (TPSA) is 82.3 Å². The van der Waals surface area contributed by atoms with Crippen LogP contribution in [0.25, 0.3) is 11.1 Å². The van der Waals surface area contributed by atoms with Crippen LogP contribution in [0.1, 0.15) is 36.5 Å². The maximum absolute atomic E-state index is 14.9. The van der Waals surface area contributed by atoms with E-state index in [1.165, 1.54) is 18.2 Å². The second-order valence-electron chi connectivity index (χ2n) is 7.14. The van der Waals surface area contributed by atoms with Crippen LogP contribution in [0.5, 0.6) is 5.75 Å². The molecule has 2 aromatic rings. The van der Waals surface area contributed by atoms with Gasteiger partial charge in [0.25, 0.3) is 0 Å². The van der Waals surface area contributed by atoms with Crippen molar-refractivity contribution in [2.75, 3.05) is 18.5 Å². The van der Waals surface area contributed by atoms with E-state index in [0.29, 0.717) is 17.5 Å². The Morgan fingerprint density at radius 1 is 1.34 bits per heavy atom. The van der Waals surface area contributed by atoms with E-state index in [1.807, 2.05) is 13.8 Å². The quantitative estimate of drug-likeness (QED) is 0.694. The van der Waals surface area contributed by atoms with Crippen LogP contribution in [-0.4, -0.2) is 24.2 Å². The highest BCUT2D eigenvalue weighted by Crippen LogP contribution is 2.44. The van der Waals surface area contributed by atoms with Gasteiger partial charge in [0, 0.05) is 29.7 Å². The predicted octanol–water partition coefficient (Wildman–Crippen LogP) is 4.61. The van der Waals surface area contributed by atoms with E-state index in [1.54, 1.807) is 0 Å². The fourth-order valence-electron chi connectivity index (χ4n) is 3.29. The molecule has 0 atom stereocenters. The molecule has 0 aliphatic carbocycles. The molecule has 0 unspecified atom stereocenters. The van der Waals surface area contributed by atoms with Crippen LogP contribution in [-0.2, 0) is 11.2 Å². The standard InChI is InChI=1S/C22H20F2N2O3/c1-11(2)13-6-17(23)20(18(24)7-13)15-8-19(26-10-12(3)22(27)28)16(9-25)14-4-5-29-21(14)15/h6-8,11,26H,3-5,10H2,1-2H3,(H,27,28). The number of carbonyl (C=O) groups is 1. The van der Waals surface area contributed by atoms with Crippen molar-refractivity contribution >= 4 is 11.7 Å². The number of halogens is 2. The van der Waals surface area contributed by atoms with Crippen molar-refractivity contribution in [2.45, 2.75) is 26.2 Å². The van der Waals surface area contributed by atoms with Crippen molar-refractivity contribution in [1.82, 2.24) is 0 Å². The first kappa shape index (κ1) is 20.3. The lowest BCUT2D eigenvalue weighted by Gasteiger charge is -2.17. The Hall–Kier alpha value is -3.40. The molecule has 0 spiro atoms. The van der Waals surface area contributed by atoms with Crippen LogP contribution < -0.4 is 10.1 Å². The molecular formula is C22H20F2N2O3. The van der Waals surface area contributed by atoms with E-state index >= 15 is 0 Å². The molecule has 0 saturated carbocycles. The average molecular weight is 398 g/mol. The van der Waals surface area contributed by atoms with Gasteiger partial charge < -0.3 is 15.2 Å². The molecular weight excluding hydrogens is 378 g/mol. The van der Waals surface area contributed by atoms with Gasteiger partial charge in [-0.15, -0.1) is 0 Å². The summed E-state index contributed by atoms with van der Waals surface area (Å²) in [5, 5.41) is 21.4. The minimum atomic E-state index is -1.18. The Bertz CT molecular complexity index is 1030. The maximum atomic E-state index is 14.9. The van der Waals surface area contributed by atoms with Gasteiger partial charge in [-0.05, 0) is 29.7 Å². The Labute approximate surface area is 167 Å². The van der Waals surface area contributed by atoms with Gasteiger partial charge in [-0.25, -0.2) is 13.6 Å². The molecule has 0 fully saturated rings. The van der Waals surface area contributed by atoms with Gasteiger partial charge in [0.1, 0.15) is 23.5 Å². The lowest BCUT2D eigenvalue weighted by Crippen LogP contribution is -2.12. The fourth-order valence-corrected chi connectivity index (χ4v) is 3.29. The summed E-state index contributed by atoms with van der Waals surface area (Å²) in [4.78, 5) is 11.0. The summed E-state index contributed by atoms with van der Waals surface area (Å²) < 4.78 is 35.4. The molecule has 3 rings (SSSR count). The lowest BCUT2D eigenvalue weighted by atomic mass is 9.93. The normalized spacial score (nSPS) is 12.3. The Morgan fingerprint density at radius 3 is 2.55 bits per heavy atom. The molecule has 0 saturated heterocycles. The van der Waals surface area contributed by atoms with Crippen molar-refractivity contribution in [3.63, 3.8) is 0 Å². The number of hydrogen-bond donors (Lipinski definition) is 2. The van der Waals surface area contributed by atoms with E-state index in [0.717, 1.165) is 0 Å². The van der Waals surface area contributed by atoms with E-state index < -0.39 is 17.6 Å². The highest BCUT2D eigenvalue weighted by atomic mass is 19.1. The third-order valence-electron chi connectivity index (χ3n) is 4.88. The molecule has 1 aliphatic rings. The molecule has 0 bridgehead atoms. The molecule has 0 aromatic heterocycles. The van der Waals surface area contributed by atoms with Gasteiger partial charge in [-0.2, -0.15) is 5.26 Å². The largest absolute Gasteiger partial charge is 0.492 e. The second kappa shape index (κ2) is 7.92. The summed E-state index contributed by atoms with van der Waals surface area (Å²) in [6, 6.07) is 6.09. The molecule has 1 heterocycles. The summed E-state index contributed by atoms with van der Waals surface area (Å²) in [6.45, 7) is 7.29. The van der Waals surface area contributed by atoms with Gasteiger partial charge in [0.05, 0.1) is 23.4 Å². The number of carboxylic acid groups (broad SMARTS) is 1. The minimum Gasteiger partial charge on any atom is -0.492 e. The van der Waals surface area contributed by atoms with Crippen LogP contribution in [0.15, 0.2) is 30.4 Å². The van der Waals surface area contributed by atoms with Gasteiger partial charge in [0.15, 0.2) is 0 Å². The van der Waals surface area contributed by atoms with Gasteiger partial charge in [-0.3, -0.25) is 0 Å². The number of nitrogens with one attached hydrogen (secondary N) is 1. The molecule has 0 amide bonds. The first-order chi connectivity index (χ1) is 13.7. The number of nitriles is 1. The van der Waals surface area contributed by atoms with E-state index in [4.69, 9.17) is 9.84 Å². The van der Waals surface area contributed by atoms with Crippen LogP contribution >= 0.6 is 0 Å². The van der Waals surface area contributed by atoms with Crippen LogP contribution in [0.4, 0.5) is 14.5 Å². The van der Waals surface area contributed by atoms with E-state index in [-0.39, 0.29) is 52.8 Å². The zero-order valence-corrected chi connectivity index (χ0v) is 16.1. The van der Waals surface area contributed by atoms with Crippen molar-refractivity contribution in [1.29, 1.82) is 5.26 Å². The van der Waals surface area contributed by atoms with Crippen molar-refractivity contribution in [2.24, 2.45) is 0 Å². The SMILES string of the molecule is C=C(CNc1cc(-c2c(F)cc(C(C)C)cc2F)c2c(c1C#N)CCO2)C(=O)O. The third-order valence-corrected chi connectivity index (χ3v) is 4.88. The number of nitrogens with zero attached hydrogens (tertiary/aromatic N) is 1. The number of anilines is 1. The number of rotatable bonds is 6. The molecule has 0 radical (unpaired) electrons. The second-order valence-corrected chi connectivity index (χ2v) is 7.14.